The molecule has 0 aliphatic carbocycles. The zero-order valence-electron chi connectivity index (χ0n) is 9.89. The molecule has 5 nitrogen and oxygen atoms in total. The lowest BCUT2D eigenvalue weighted by Crippen LogP contribution is -2.52. The van der Waals surface area contributed by atoms with Crippen LogP contribution in [0.4, 0.5) is 0 Å². The third-order valence-electron chi connectivity index (χ3n) is 3.52. The summed E-state index contributed by atoms with van der Waals surface area (Å²) in [4.78, 5) is 24.9. The highest BCUT2D eigenvalue weighted by atomic mass is 32.2. The number of nitrogens with one attached hydrogen (secondary N) is 1. The summed E-state index contributed by atoms with van der Waals surface area (Å²) in [7, 11) is 0. The van der Waals surface area contributed by atoms with Crippen LogP contribution in [0.5, 0.6) is 0 Å². The number of amides is 1. The van der Waals surface area contributed by atoms with Crippen LogP contribution in [0.3, 0.4) is 0 Å². The average molecular weight is 258 g/mol. The van der Waals surface area contributed by atoms with E-state index in [1.807, 2.05) is 11.8 Å². The largest absolute Gasteiger partial charge is 0.481 e. The Balaban J connectivity index is 1.94. The van der Waals surface area contributed by atoms with E-state index in [4.69, 9.17) is 5.11 Å². The molecule has 3 unspecified atom stereocenters. The fraction of sp³-hybridized carbons (Fsp3) is 0.818. The summed E-state index contributed by atoms with van der Waals surface area (Å²) in [6, 6.07) is -0.0476. The Morgan fingerprint density at radius 1 is 1.47 bits per heavy atom. The van der Waals surface area contributed by atoms with Crippen molar-refractivity contribution < 1.29 is 14.7 Å². The number of likely N-dealkylation sites (tertiary alicyclic amines) is 1. The van der Waals surface area contributed by atoms with Gasteiger partial charge in [0.2, 0.25) is 5.91 Å². The molecule has 0 radical (unpaired) electrons. The third-order valence-corrected chi connectivity index (χ3v) is 4.46. The Hall–Kier alpha value is -0.750. The van der Waals surface area contributed by atoms with Crippen LogP contribution in [0.2, 0.25) is 0 Å². The Kier molecular flexibility index (Phi) is 3.93. The minimum Gasteiger partial charge on any atom is -0.481 e. The number of rotatable bonds is 2. The van der Waals surface area contributed by atoms with Gasteiger partial charge in [0.15, 0.2) is 0 Å². The van der Waals surface area contributed by atoms with Crippen molar-refractivity contribution in [3.8, 4) is 0 Å². The first kappa shape index (κ1) is 12.7. The number of carboxylic acids is 1. The van der Waals surface area contributed by atoms with Gasteiger partial charge in [0.25, 0.3) is 0 Å². The molecule has 2 rings (SSSR count). The fourth-order valence-electron chi connectivity index (χ4n) is 2.48. The standard InChI is InChI=1S/C11H18N2O3S/c1-7-4-8(11(15)16)2-3-13(7)10(14)9-5-17-6-12-9/h7-9,12H,2-6H2,1H3,(H,15,16). The Morgan fingerprint density at radius 3 is 2.76 bits per heavy atom. The summed E-state index contributed by atoms with van der Waals surface area (Å²) in [5.74, 6) is 0.755. The van der Waals surface area contributed by atoms with Crippen LogP contribution < -0.4 is 5.32 Å². The van der Waals surface area contributed by atoms with E-state index in [0.29, 0.717) is 19.4 Å². The van der Waals surface area contributed by atoms with Gasteiger partial charge in [-0.1, -0.05) is 0 Å². The van der Waals surface area contributed by atoms with Crippen LogP contribution in [0, 0.1) is 5.92 Å². The maximum atomic E-state index is 12.2. The highest BCUT2D eigenvalue weighted by molar-refractivity contribution is 7.99. The van der Waals surface area contributed by atoms with E-state index in [1.165, 1.54) is 0 Å². The summed E-state index contributed by atoms with van der Waals surface area (Å²) < 4.78 is 0. The van der Waals surface area contributed by atoms with Gasteiger partial charge in [-0.05, 0) is 19.8 Å². The van der Waals surface area contributed by atoms with Crippen molar-refractivity contribution in [1.29, 1.82) is 0 Å². The average Bonchev–Trinajstić information content (AvgIpc) is 2.81. The number of carbonyl (C=O) groups excluding carboxylic acids is 1. The van der Waals surface area contributed by atoms with E-state index in [1.54, 1.807) is 11.8 Å². The quantitative estimate of drug-likeness (QED) is 0.748. The molecule has 2 fully saturated rings. The molecule has 0 aromatic carbocycles. The third kappa shape index (κ3) is 2.74. The summed E-state index contributed by atoms with van der Waals surface area (Å²) in [6.45, 7) is 2.51. The molecular weight excluding hydrogens is 240 g/mol. The van der Waals surface area contributed by atoms with Crippen LogP contribution >= 0.6 is 11.8 Å². The molecule has 3 atom stereocenters. The number of hydrogen-bond donors (Lipinski definition) is 2. The number of piperidine rings is 1. The van der Waals surface area contributed by atoms with Crippen molar-refractivity contribution in [3.05, 3.63) is 0 Å². The second-order valence-corrected chi connectivity index (χ2v) is 5.74. The van der Waals surface area contributed by atoms with E-state index in [2.05, 4.69) is 5.32 Å². The number of hydrogen-bond acceptors (Lipinski definition) is 4. The molecule has 96 valence electrons. The van der Waals surface area contributed by atoms with Gasteiger partial charge in [-0.25, -0.2) is 0 Å². The molecule has 0 aromatic heterocycles. The van der Waals surface area contributed by atoms with Gasteiger partial charge < -0.3 is 10.0 Å². The predicted octanol–water partition coefficient (Wildman–Crippen LogP) is 0.361. The smallest absolute Gasteiger partial charge is 0.306 e. The van der Waals surface area contributed by atoms with Crippen LogP contribution in [0.1, 0.15) is 19.8 Å². The highest BCUT2D eigenvalue weighted by Gasteiger charge is 2.35. The normalized spacial score (nSPS) is 33.7. The maximum Gasteiger partial charge on any atom is 0.306 e. The lowest BCUT2D eigenvalue weighted by molar-refractivity contribution is -0.147. The van der Waals surface area contributed by atoms with Crippen molar-refractivity contribution in [3.63, 3.8) is 0 Å². The summed E-state index contributed by atoms with van der Waals surface area (Å²) in [5, 5.41) is 12.1. The minimum atomic E-state index is -0.738. The second kappa shape index (κ2) is 5.27. The Morgan fingerprint density at radius 2 is 2.24 bits per heavy atom. The van der Waals surface area contributed by atoms with Gasteiger partial charge in [-0.3, -0.25) is 14.9 Å². The molecule has 2 heterocycles. The molecule has 0 bridgehead atoms. The van der Waals surface area contributed by atoms with Gasteiger partial charge in [-0.2, -0.15) is 0 Å². The van der Waals surface area contributed by atoms with Crippen molar-refractivity contribution in [2.45, 2.75) is 31.8 Å². The Bertz CT molecular complexity index is 318. The SMILES string of the molecule is CC1CC(C(=O)O)CCN1C(=O)C1CSCN1. The topological polar surface area (TPSA) is 69.6 Å². The Labute approximate surface area is 105 Å². The molecule has 17 heavy (non-hydrogen) atoms. The van der Waals surface area contributed by atoms with Gasteiger partial charge in [-0.15, -0.1) is 11.8 Å². The molecule has 2 aliphatic heterocycles. The number of carbonyl (C=O) groups is 2. The van der Waals surface area contributed by atoms with Crippen molar-refractivity contribution in [1.82, 2.24) is 10.2 Å². The molecule has 2 aliphatic rings. The van der Waals surface area contributed by atoms with Crippen LogP contribution in [0.25, 0.3) is 0 Å². The molecular formula is C11H18N2O3S. The lowest BCUT2D eigenvalue weighted by atomic mass is 9.91. The number of carboxylic acid groups (broad SMARTS) is 1. The van der Waals surface area contributed by atoms with Crippen molar-refractivity contribution >= 4 is 23.6 Å². The van der Waals surface area contributed by atoms with E-state index >= 15 is 0 Å². The van der Waals surface area contributed by atoms with Gasteiger partial charge in [0, 0.05) is 24.2 Å². The molecule has 0 aromatic rings. The number of thioether (sulfide) groups is 1. The molecule has 0 saturated carbocycles. The van der Waals surface area contributed by atoms with Crippen molar-refractivity contribution in [2.75, 3.05) is 18.2 Å². The molecule has 2 N–H and O–H groups in total. The maximum absolute atomic E-state index is 12.2. The first-order chi connectivity index (χ1) is 8.09. The summed E-state index contributed by atoms with van der Waals surface area (Å²) in [6.07, 6.45) is 1.15. The van der Waals surface area contributed by atoms with Crippen molar-refractivity contribution in [2.24, 2.45) is 5.92 Å². The zero-order valence-corrected chi connectivity index (χ0v) is 10.7. The fourth-order valence-corrected chi connectivity index (χ4v) is 3.41. The van der Waals surface area contributed by atoms with Crippen LogP contribution in [0.15, 0.2) is 0 Å². The first-order valence-electron chi connectivity index (χ1n) is 5.94. The van der Waals surface area contributed by atoms with Crippen LogP contribution in [-0.2, 0) is 9.59 Å². The number of nitrogens with zero attached hydrogens (tertiary/aromatic N) is 1. The molecule has 1 amide bonds. The predicted molar refractivity (Wildman–Crippen MR) is 65.8 cm³/mol. The monoisotopic (exact) mass is 258 g/mol. The van der Waals surface area contributed by atoms with Gasteiger partial charge in [0.05, 0.1) is 12.0 Å². The van der Waals surface area contributed by atoms with E-state index in [-0.39, 0.29) is 23.9 Å². The van der Waals surface area contributed by atoms with E-state index < -0.39 is 5.97 Å². The first-order valence-corrected chi connectivity index (χ1v) is 7.09. The highest BCUT2D eigenvalue weighted by Crippen LogP contribution is 2.24. The lowest BCUT2D eigenvalue weighted by Gasteiger charge is -2.37. The number of aliphatic carboxylic acids is 1. The second-order valence-electron chi connectivity index (χ2n) is 4.71. The summed E-state index contributed by atoms with van der Waals surface area (Å²) in [5.41, 5.74) is 0. The zero-order chi connectivity index (χ0) is 12.4. The van der Waals surface area contributed by atoms with Gasteiger partial charge in [0.1, 0.15) is 0 Å². The summed E-state index contributed by atoms with van der Waals surface area (Å²) >= 11 is 1.73. The van der Waals surface area contributed by atoms with E-state index in [9.17, 15) is 9.59 Å². The molecule has 2 saturated heterocycles. The minimum absolute atomic E-state index is 0.0322. The molecule has 0 spiro atoms. The molecule has 6 heteroatoms. The van der Waals surface area contributed by atoms with Gasteiger partial charge >= 0.3 is 5.97 Å². The van der Waals surface area contributed by atoms with Crippen LogP contribution in [-0.4, -0.2) is 52.1 Å². The van der Waals surface area contributed by atoms with E-state index in [0.717, 1.165) is 11.6 Å².